The number of hydrogen-bond acceptors (Lipinski definition) is 4. The Morgan fingerprint density at radius 1 is 1.08 bits per heavy atom. The Kier molecular flexibility index (Phi) is 3.88. The summed E-state index contributed by atoms with van der Waals surface area (Å²) in [5.41, 5.74) is 4.29. The Balaban J connectivity index is 1.65. The highest BCUT2D eigenvalue weighted by atomic mass is 32.1. The van der Waals surface area contributed by atoms with E-state index in [-0.39, 0.29) is 5.56 Å². The highest BCUT2D eigenvalue weighted by Gasteiger charge is 2.07. The maximum absolute atomic E-state index is 12.5. The third kappa shape index (κ3) is 2.84. The van der Waals surface area contributed by atoms with E-state index in [0.29, 0.717) is 16.8 Å². The van der Waals surface area contributed by atoms with Crippen LogP contribution in [-0.2, 0) is 6.54 Å². The van der Waals surface area contributed by atoms with Crippen molar-refractivity contribution < 1.29 is 0 Å². The van der Waals surface area contributed by atoms with E-state index in [1.54, 1.807) is 10.9 Å². The molecule has 0 atom stereocenters. The number of nitriles is 1. The Hall–Kier alpha value is -3.23. The molecule has 0 aliphatic carbocycles. The molecule has 0 radical (unpaired) electrons. The average molecular weight is 343 g/mol. The molecule has 4 aromatic rings. The molecule has 120 valence electrons. The van der Waals surface area contributed by atoms with Gasteiger partial charge in [-0.1, -0.05) is 42.5 Å². The lowest BCUT2D eigenvalue weighted by Crippen LogP contribution is -2.20. The summed E-state index contributed by atoms with van der Waals surface area (Å²) >= 11 is 1.42. The molecule has 0 saturated carbocycles. The lowest BCUT2D eigenvalue weighted by Gasteiger charge is -2.08. The molecule has 0 unspecified atom stereocenters. The normalized spacial score (nSPS) is 10.7. The van der Waals surface area contributed by atoms with Crippen LogP contribution in [0, 0.1) is 11.3 Å². The molecule has 0 aliphatic rings. The standard InChI is InChI=1S/C20H13N3OS/c21-11-16-3-1-2-4-17(16)15-7-5-14(6-8-15)12-23-13-22-18-9-10-25-19(18)20(23)24/h1-10,13H,12H2. The van der Waals surface area contributed by atoms with Crippen LogP contribution >= 0.6 is 11.3 Å². The molecule has 2 aromatic heterocycles. The van der Waals surface area contributed by atoms with E-state index in [1.165, 1.54) is 11.3 Å². The van der Waals surface area contributed by atoms with Gasteiger partial charge < -0.3 is 0 Å². The average Bonchev–Trinajstić information content (AvgIpc) is 3.14. The van der Waals surface area contributed by atoms with Crippen LogP contribution in [0.5, 0.6) is 0 Å². The molecule has 0 amide bonds. The summed E-state index contributed by atoms with van der Waals surface area (Å²) in [6.45, 7) is 0.472. The van der Waals surface area contributed by atoms with Crippen molar-refractivity contribution in [2.75, 3.05) is 0 Å². The van der Waals surface area contributed by atoms with Crippen molar-refractivity contribution >= 4 is 21.6 Å². The van der Waals surface area contributed by atoms with Gasteiger partial charge in [-0.2, -0.15) is 5.26 Å². The van der Waals surface area contributed by atoms with Gasteiger partial charge >= 0.3 is 0 Å². The molecule has 0 N–H and O–H groups in total. The third-order valence-corrected chi connectivity index (χ3v) is 4.99. The summed E-state index contributed by atoms with van der Waals surface area (Å²) in [6.07, 6.45) is 1.59. The highest BCUT2D eigenvalue weighted by Crippen LogP contribution is 2.23. The van der Waals surface area contributed by atoms with Crippen LogP contribution in [0.1, 0.15) is 11.1 Å². The SMILES string of the molecule is N#Cc1ccccc1-c1ccc(Cn2cnc3ccsc3c2=O)cc1. The van der Waals surface area contributed by atoms with Crippen LogP contribution in [0.25, 0.3) is 21.3 Å². The first-order valence-electron chi connectivity index (χ1n) is 7.77. The quantitative estimate of drug-likeness (QED) is 0.564. The Bertz CT molecular complexity index is 1150. The second kappa shape index (κ2) is 6.34. The van der Waals surface area contributed by atoms with Gasteiger partial charge in [-0.15, -0.1) is 11.3 Å². The van der Waals surface area contributed by atoms with Gasteiger partial charge in [-0.05, 0) is 34.2 Å². The molecule has 5 heteroatoms. The van der Waals surface area contributed by atoms with Crippen molar-refractivity contribution in [1.29, 1.82) is 5.26 Å². The van der Waals surface area contributed by atoms with Gasteiger partial charge in [-0.3, -0.25) is 9.36 Å². The molecule has 4 rings (SSSR count). The van der Waals surface area contributed by atoms with Crippen molar-refractivity contribution in [1.82, 2.24) is 9.55 Å². The Labute approximate surface area is 148 Å². The number of benzene rings is 2. The van der Waals surface area contributed by atoms with Gasteiger partial charge in [0.15, 0.2) is 0 Å². The number of hydrogen-bond donors (Lipinski definition) is 0. The molecule has 0 spiro atoms. The van der Waals surface area contributed by atoms with Gasteiger partial charge in [0, 0.05) is 0 Å². The zero-order valence-corrected chi connectivity index (χ0v) is 14.0. The fourth-order valence-electron chi connectivity index (χ4n) is 2.81. The van der Waals surface area contributed by atoms with Crippen LogP contribution in [0.3, 0.4) is 0 Å². The van der Waals surface area contributed by atoms with E-state index in [2.05, 4.69) is 11.1 Å². The van der Waals surface area contributed by atoms with E-state index in [0.717, 1.165) is 22.2 Å². The minimum Gasteiger partial charge on any atom is -0.294 e. The van der Waals surface area contributed by atoms with Gasteiger partial charge in [0.25, 0.3) is 5.56 Å². The molecule has 0 fully saturated rings. The van der Waals surface area contributed by atoms with Gasteiger partial charge in [0.05, 0.1) is 30.0 Å². The minimum absolute atomic E-state index is 0.0149. The molecule has 2 aromatic carbocycles. The number of rotatable bonds is 3. The van der Waals surface area contributed by atoms with E-state index in [4.69, 9.17) is 0 Å². The largest absolute Gasteiger partial charge is 0.294 e. The number of fused-ring (bicyclic) bond motifs is 1. The first kappa shape index (κ1) is 15.3. The monoisotopic (exact) mass is 343 g/mol. The molecule has 0 aliphatic heterocycles. The van der Waals surface area contributed by atoms with Crippen molar-refractivity contribution in [3.8, 4) is 17.2 Å². The molecule has 0 saturated heterocycles. The summed E-state index contributed by atoms with van der Waals surface area (Å²) < 4.78 is 2.30. The number of nitrogens with zero attached hydrogens (tertiary/aromatic N) is 3. The predicted octanol–water partition coefficient (Wildman–Crippen LogP) is 4.04. The van der Waals surface area contributed by atoms with Gasteiger partial charge in [-0.25, -0.2) is 4.98 Å². The summed E-state index contributed by atoms with van der Waals surface area (Å²) in [4.78, 5) is 16.8. The zero-order valence-electron chi connectivity index (χ0n) is 13.2. The minimum atomic E-state index is -0.0149. The van der Waals surface area contributed by atoms with Crippen molar-refractivity contribution in [3.63, 3.8) is 0 Å². The number of aromatic nitrogens is 2. The van der Waals surface area contributed by atoms with Crippen LogP contribution in [0.4, 0.5) is 0 Å². The maximum atomic E-state index is 12.5. The molecular formula is C20H13N3OS. The van der Waals surface area contributed by atoms with Crippen LogP contribution in [-0.4, -0.2) is 9.55 Å². The van der Waals surface area contributed by atoms with Crippen LogP contribution < -0.4 is 5.56 Å². The lowest BCUT2D eigenvalue weighted by molar-refractivity contribution is 0.750. The fraction of sp³-hybridized carbons (Fsp3) is 0.0500. The van der Waals surface area contributed by atoms with Crippen LogP contribution in [0.15, 0.2) is 71.1 Å². The molecular weight excluding hydrogens is 330 g/mol. The molecule has 2 heterocycles. The Morgan fingerprint density at radius 2 is 1.88 bits per heavy atom. The van der Waals surface area contributed by atoms with Crippen molar-refractivity contribution in [3.05, 3.63) is 87.8 Å². The van der Waals surface area contributed by atoms with E-state index < -0.39 is 0 Å². The second-order valence-electron chi connectivity index (χ2n) is 5.67. The molecule has 4 nitrogen and oxygen atoms in total. The fourth-order valence-corrected chi connectivity index (χ4v) is 3.60. The molecule has 0 bridgehead atoms. The van der Waals surface area contributed by atoms with Crippen molar-refractivity contribution in [2.24, 2.45) is 0 Å². The molecule has 25 heavy (non-hydrogen) atoms. The summed E-state index contributed by atoms with van der Waals surface area (Å²) in [5.74, 6) is 0. The summed E-state index contributed by atoms with van der Waals surface area (Å²) in [7, 11) is 0. The second-order valence-corrected chi connectivity index (χ2v) is 6.58. The first-order valence-corrected chi connectivity index (χ1v) is 8.65. The smallest absolute Gasteiger partial charge is 0.271 e. The predicted molar refractivity (Wildman–Crippen MR) is 99.6 cm³/mol. The van der Waals surface area contributed by atoms with E-state index >= 15 is 0 Å². The van der Waals surface area contributed by atoms with Gasteiger partial charge in [0.2, 0.25) is 0 Å². The van der Waals surface area contributed by atoms with E-state index in [1.807, 2.05) is 60.0 Å². The first-order chi connectivity index (χ1) is 12.3. The van der Waals surface area contributed by atoms with Crippen LogP contribution in [0.2, 0.25) is 0 Å². The van der Waals surface area contributed by atoms with Crippen molar-refractivity contribution in [2.45, 2.75) is 6.54 Å². The number of thiophene rings is 1. The topological polar surface area (TPSA) is 58.7 Å². The summed E-state index contributed by atoms with van der Waals surface area (Å²) in [6, 6.07) is 19.5. The van der Waals surface area contributed by atoms with Gasteiger partial charge in [0.1, 0.15) is 4.70 Å². The highest BCUT2D eigenvalue weighted by molar-refractivity contribution is 7.17. The maximum Gasteiger partial charge on any atom is 0.271 e. The summed E-state index contributed by atoms with van der Waals surface area (Å²) in [5, 5.41) is 11.1. The zero-order chi connectivity index (χ0) is 17.2. The van der Waals surface area contributed by atoms with E-state index in [9.17, 15) is 10.1 Å². The Morgan fingerprint density at radius 3 is 2.68 bits per heavy atom. The lowest BCUT2D eigenvalue weighted by atomic mass is 9.99. The third-order valence-electron chi connectivity index (χ3n) is 4.10.